The number of benzene rings is 1. The maximum Gasteiger partial charge on any atom is 0.0952 e. The molecule has 3 nitrogen and oxygen atoms in total. The summed E-state index contributed by atoms with van der Waals surface area (Å²) < 4.78 is 2.33. The van der Waals surface area contributed by atoms with Gasteiger partial charge in [-0.3, -0.25) is 0 Å². The number of aromatic nitrogens is 2. The molecular weight excluding hydrogens is 234 g/mol. The van der Waals surface area contributed by atoms with E-state index in [1.807, 2.05) is 6.33 Å². The van der Waals surface area contributed by atoms with Gasteiger partial charge in [-0.1, -0.05) is 30.3 Å². The van der Waals surface area contributed by atoms with E-state index >= 15 is 0 Å². The van der Waals surface area contributed by atoms with E-state index in [9.17, 15) is 0 Å². The van der Waals surface area contributed by atoms with Crippen LogP contribution in [0, 0.1) is 0 Å². The van der Waals surface area contributed by atoms with Crippen LogP contribution < -0.4 is 5.32 Å². The zero-order valence-electron chi connectivity index (χ0n) is 11.3. The predicted molar refractivity (Wildman–Crippen MR) is 77.0 cm³/mol. The van der Waals surface area contributed by atoms with Gasteiger partial charge in [0.05, 0.1) is 12.0 Å². The van der Waals surface area contributed by atoms with E-state index in [2.05, 4.69) is 45.2 Å². The summed E-state index contributed by atoms with van der Waals surface area (Å²) >= 11 is 0. The number of imidazole rings is 1. The van der Waals surface area contributed by atoms with Gasteiger partial charge in [0.1, 0.15) is 0 Å². The number of rotatable bonds is 5. The second kappa shape index (κ2) is 6.02. The highest BCUT2D eigenvalue weighted by atomic mass is 15.1. The van der Waals surface area contributed by atoms with E-state index in [1.54, 1.807) is 0 Å². The Morgan fingerprint density at radius 2 is 1.95 bits per heavy atom. The van der Waals surface area contributed by atoms with Crippen LogP contribution in [0.1, 0.15) is 29.8 Å². The molecule has 0 radical (unpaired) electrons. The summed E-state index contributed by atoms with van der Waals surface area (Å²) in [4.78, 5) is 4.53. The third-order valence-corrected chi connectivity index (χ3v) is 3.81. The van der Waals surface area contributed by atoms with Crippen molar-refractivity contribution in [1.82, 2.24) is 14.9 Å². The molecule has 0 fully saturated rings. The van der Waals surface area contributed by atoms with Crippen molar-refractivity contribution in [2.45, 2.75) is 38.8 Å². The van der Waals surface area contributed by atoms with E-state index in [4.69, 9.17) is 0 Å². The second-order valence-electron chi connectivity index (χ2n) is 5.20. The lowest BCUT2D eigenvalue weighted by atomic mass is 10.0. The molecule has 0 amide bonds. The standard InChI is InChI=1S/C16H21N3/c1-2-6-14(7-3-1)12-17-10-11-19-13-18-15-8-4-5-9-16(15)19/h1-3,6-7,13,17H,4-5,8-12H2. The fraction of sp³-hybridized carbons (Fsp3) is 0.438. The molecule has 1 aromatic carbocycles. The van der Waals surface area contributed by atoms with E-state index < -0.39 is 0 Å². The van der Waals surface area contributed by atoms with Crippen molar-refractivity contribution in [2.75, 3.05) is 6.54 Å². The topological polar surface area (TPSA) is 29.9 Å². The highest BCUT2D eigenvalue weighted by Crippen LogP contribution is 2.19. The Labute approximate surface area is 114 Å². The summed E-state index contributed by atoms with van der Waals surface area (Å²) in [6.45, 7) is 2.96. The van der Waals surface area contributed by atoms with Crippen molar-refractivity contribution in [3.8, 4) is 0 Å². The monoisotopic (exact) mass is 255 g/mol. The third kappa shape index (κ3) is 3.04. The molecule has 0 spiro atoms. The first-order chi connectivity index (χ1) is 9.43. The maximum atomic E-state index is 4.53. The fourth-order valence-electron chi connectivity index (χ4n) is 2.75. The van der Waals surface area contributed by atoms with Crippen molar-refractivity contribution in [3.63, 3.8) is 0 Å². The lowest BCUT2D eigenvalue weighted by Crippen LogP contribution is -2.20. The van der Waals surface area contributed by atoms with E-state index in [-0.39, 0.29) is 0 Å². The van der Waals surface area contributed by atoms with Gasteiger partial charge in [-0.25, -0.2) is 4.98 Å². The van der Waals surface area contributed by atoms with Crippen LogP contribution in [0.5, 0.6) is 0 Å². The molecule has 3 heteroatoms. The average molecular weight is 255 g/mol. The molecular formula is C16H21N3. The largest absolute Gasteiger partial charge is 0.333 e. The molecule has 0 aliphatic heterocycles. The molecule has 0 saturated carbocycles. The number of hydrogen-bond acceptors (Lipinski definition) is 2. The van der Waals surface area contributed by atoms with Crippen molar-refractivity contribution in [1.29, 1.82) is 0 Å². The van der Waals surface area contributed by atoms with E-state index in [1.165, 1.54) is 42.6 Å². The molecule has 100 valence electrons. The van der Waals surface area contributed by atoms with E-state index in [0.717, 1.165) is 19.6 Å². The molecule has 1 aromatic heterocycles. The van der Waals surface area contributed by atoms with Crippen LogP contribution in [0.25, 0.3) is 0 Å². The molecule has 3 rings (SSSR count). The highest BCUT2D eigenvalue weighted by molar-refractivity contribution is 5.16. The van der Waals surface area contributed by atoms with Crippen LogP contribution in [-0.2, 0) is 25.9 Å². The first-order valence-corrected chi connectivity index (χ1v) is 7.21. The van der Waals surface area contributed by atoms with Crippen LogP contribution in [-0.4, -0.2) is 16.1 Å². The van der Waals surface area contributed by atoms with Crippen LogP contribution in [0.2, 0.25) is 0 Å². The smallest absolute Gasteiger partial charge is 0.0952 e. The van der Waals surface area contributed by atoms with Crippen molar-refractivity contribution < 1.29 is 0 Å². The van der Waals surface area contributed by atoms with Crippen molar-refractivity contribution in [3.05, 3.63) is 53.6 Å². The quantitative estimate of drug-likeness (QED) is 0.832. The van der Waals surface area contributed by atoms with Crippen LogP contribution in [0.3, 0.4) is 0 Å². The number of nitrogens with one attached hydrogen (secondary N) is 1. The Bertz CT molecular complexity index is 516. The Hall–Kier alpha value is -1.61. The molecule has 1 aliphatic carbocycles. The Balaban J connectivity index is 1.49. The highest BCUT2D eigenvalue weighted by Gasteiger charge is 2.14. The average Bonchev–Trinajstić information content (AvgIpc) is 2.88. The number of nitrogens with zero attached hydrogens (tertiary/aromatic N) is 2. The van der Waals surface area contributed by atoms with Gasteiger partial charge in [0.15, 0.2) is 0 Å². The molecule has 0 bridgehead atoms. The normalized spacial score (nSPS) is 14.3. The van der Waals surface area contributed by atoms with Crippen molar-refractivity contribution in [2.24, 2.45) is 0 Å². The Kier molecular flexibility index (Phi) is 3.94. The Morgan fingerprint density at radius 3 is 2.84 bits per heavy atom. The molecule has 2 aromatic rings. The first kappa shape index (κ1) is 12.4. The van der Waals surface area contributed by atoms with Gasteiger partial charge < -0.3 is 9.88 Å². The van der Waals surface area contributed by atoms with Gasteiger partial charge in [-0.15, -0.1) is 0 Å². The van der Waals surface area contributed by atoms with Gasteiger partial charge in [-0.05, 0) is 31.2 Å². The molecule has 1 N–H and O–H groups in total. The molecule has 0 saturated heterocycles. The maximum absolute atomic E-state index is 4.53. The zero-order valence-corrected chi connectivity index (χ0v) is 11.3. The van der Waals surface area contributed by atoms with Gasteiger partial charge >= 0.3 is 0 Å². The summed E-state index contributed by atoms with van der Waals surface area (Å²) in [6, 6.07) is 10.5. The summed E-state index contributed by atoms with van der Waals surface area (Å²) in [5, 5.41) is 3.50. The lowest BCUT2D eigenvalue weighted by Gasteiger charge is -2.14. The van der Waals surface area contributed by atoms with Crippen LogP contribution in [0.15, 0.2) is 36.7 Å². The van der Waals surface area contributed by atoms with Gasteiger partial charge in [-0.2, -0.15) is 0 Å². The molecule has 1 heterocycles. The minimum Gasteiger partial charge on any atom is -0.333 e. The van der Waals surface area contributed by atoms with E-state index in [0.29, 0.717) is 0 Å². The van der Waals surface area contributed by atoms with Crippen LogP contribution in [0.4, 0.5) is 0 Å². The number of aryl methyl sites for hydroxylation is 1. The minimum atomic E-state index is 0.942. The summed E-state index contributed by atoms with van der Waals surface area (Å²) in [6.07, 6.45) is 7.00. The minimum absolute atomic E-state index is 0.942. The summed E-state index contributed by atoms with van der Waals surface area (Å²) in [5.41, 5.74) is 4.14. The predicted octanol–water partition coefficient (Wildman–Crippen LogP) is 2.55. The van der Waals surface area contributed by atoms with Crippen molar-refractivity contribution >= 4 is 0 Å². The van der Waals surface area contributed by atoms with Gasteiger partial charge in [0.2, 0.25) is 0 Å². The van der Waals surface area contributed by atoms with Crippen LogP contribution >= 0.6 is 0 Å². The summed E-state index contributed by atoms with van der Waals surface area (Å²) in [7, 11) is 0. The Morgan fingerprint density at radius 1 is 1.11 bits per heavy atom. The van der Waals surface area contributed by atoms with Gasteiger partial charge in [0.25, 0.3) is 0 Å². The molecule has 1 aliphatic rings. The number of hydrogen-bond donors (Lipinski definition) is 1. The SMILES string of the molecule is c1ccc(CNCCn2cnc3c2CCCC3)cc1. The second-order valence-corrected chi connectivity index (χ2v) is 5.20. The lowest BCUT2D eigenvalue weighted by molar-refractivity contribution is 0.562. The molecule has 0 unspecified atom stereocenters. The third-order valence-electron chi connectivity index (χ3n) is 3.81. The molecule has 19 heavy (non-hydrogen) atoms. The summed E-state index contributed by atoms with van der Waals surface area (Å²) in [5.74, 6) is 0. The first-order valence-electron chi connectivity index (χ1n) is 7.21. The fourth-order valence-corrected chi connectivity index (χ4v) is 2.75. The molecule has 0 atom stereocenters. The van der Waals surface area contributed by atoms with Gasteiger partial charge in [0, 0.05) is 25.3 Å². The zero-order chi connectivity index (χ0) is 12.9. The number of fused-ring (bicyclic) bond motifs is 1.